The summed E-state index contributed by atoms with van der Waals surface area (Å²) >= 11 is 0. The number of hydrogen-bond donors (Lipinski definition) is 2. The predicted molar refractivity (Wildman–Crippen MR) is 74.4 cm³/mol. The van der Waals surface area contributed by atoms with Crippen LogP contribution in [0.5, 0.6) is 0 Å². The van der Waals surface area contributed by atoms with Crippen LogP contribution < -0.4 is 10.6 Å². The number of ether oxygens (including phenoxy) is 1. The lowest BCUT2D eigenvalue weighted by Crippen LogP contribution is -2.25. The lowest BCUT2D eigenvalue weighted by molar-refractivity contribution is 0.161. The van der Waals surface area contributed by atoms with E-state index in [1.807, 2.05) is 13.0 Å². The van der Waals surface area contributed by atoms with E-state index in [0.29, 0.717) is 5.92 Å². The van der Waals surface area contributed by atoms with Crippen molar-refractivity contribution in [2.24, 2.45) is 11.7 Å². The molecule has 0 spiro atoms. The first-order valence-electron chi connectivity index (χ1n) is 6.30. The van der Waals surface area contributed by atoms with Crippen LogP contribution in [-0.2, 0) is 4.74 Å². The number of hydrogen-bond acceptors (Lipinski definition) is 3. The molecular formula is C14H21N3O. The normalized spacial score (nSPS) is 19.2. The zero-order chi connectivity index (χ0) is 13.1. The van der Waals surface area contributed by atoms with E-state index < -0.39 is 0 Å². The van der Waals surface area contributed by atoms with Crippen LogP contribution in [0.2, 0.25) is 0 Å². The summed E-state index contributed by atoms with van der Waals surface area (Å²) in [4.78, 5) is 2.31. The van der Waals surface area contributed by atoms with Gasteiger partial charge in [-0.2, -0.15) is 0 Å². The van der Waals surface area contributed by atoms with Gasteiger partial charge < -0.3 is 15.4 Å². The Kier molecular flexibility index (Phi) is 3.87. The average molecular weight is 247 g/mol. The first-order chi connectivity index (χ1) is 8.61. The molecule has 1 aliphatic rings. The van der Waals surface area contributed by atoms with Crippen LogP contribution in [0.25, 0.3) is 0 Å². The highest BCUT2D eigenvalue weighted by molar-refractivity contribution is 6.00. The quantitative estimate of drug-likeness (QED) is 0.629. The summed E-state index contributed by atoms with van der Waals surface area (Å²) in [6, 6.07) is 6.13. The van der Waals surface area contributed by atoms with Crippen LogP contribution >= 0.6 is 0 Å². The van der Waals surface area contributed by atoms with Gasteiger partial charge in [0.15, 0.2) is 0 Å². The number of nitrogens with one attached hydrogen (secondary N) is 1. The molecule has 4 heteroatoms. The van der Waals surface area contributed by atoms with E-state index in [1.165, 1.54) is 0 Å². The molecule has 98 valence electrons. The van der Waals surface area contributed by atoms with Gasteiger partial charge in [0.1, 0.15) is 5.84 Å². The van der Waals surface area contributed by atoms with E-state index in [9.17, 15) is 0 Å². The lowest BCUT2D eigenvalue weighted by Gasteiger charge is -2.22. The van der Waals surface area contributed by atoms with E-state index in [2.05, 4.69) is 17.0 Å². The molecule has 1 fully saturated rings. The number of amidine groups is 1. The summed E-state index contributed by atoms with van der Waals surface area (Å²) in [5.41, 5.74) is 8.73. The molecule has 4 nitrogen and oxygen atoms in total. The van der Waals surface area contributed by atoms with Crippen molar-refractivity contribution in [2.75, 3.05) is 31.7 Å². The van der Waals surface area contributed by atoms with E-state index in [1.54, 1.807) is 7.11 Å². The van der Waals surface area contributed by atoms with Crippen molar-refractivity contribution in [3.05, 3.63) is 29.3 Å². The van der Waals surface area contributed by atoms with Gasteiger partial charge in [0.05, 0.1) is 6.61 Å². The fourth-order valence-corrected chi connectivity index (χ4v) is 2.56. The van der Waals surface area contributed by atoms with E-state index in [4.69, 9.17) is 15.9 Å². The van der Waals surface area contributed by atoms with Gasteiger partial charge in [0, 0.05) is 37.4 Å². The van der Waals surface area contributed by atoms with Gasteiger partial charge in [-0.3, -0.25) is 5.41 Å². The van der Waals surface area contributed by atoms with Crippen molar-refractivity contribution in [2.45, 2.75) is 13.3 Å². The van der Waals surface area contributed by atoms with Crippen LogP contribution in [0.3, 0.4) is 0 Å². The molecule has 1 heterocycles. The lowest BCUT2D eigenvalue weighted by atomic mass is 10.1. The molecule has 1 aromatic carbocycles. The van der Waals surface area contributed by atoms with E-state index >= 15 is 0 Å². The standard InChI is InChI=1S/C14H21N3O/c1-10-3-4-13(12(7-10)14(15)16)17-6-5-11(8-17)9-18-2/h3-4,7,11H,5-6,8-9H2,1-2H3,(H3,15,16). The minimum atomic E-state index is 0.142. The van der Waals surface area contributed by atoms with Crippen molar-refractivity contribution in [3.63, 3.8) is 0 Å². The molecule has 0 aromatic heterocycles. The second-order valence-electron chi connectivity index (χ2n) is 4.99. The summed E-state index contributed by atoms with van der Waals surface area (Å²) in [6.07, 6.45) is 1.14. The maximum atomic E-state index is 7.69. The average Bonchev–Trinajstić information content (AvgIpc) is 2.78. The summed E-state index contributed by atoms with van der Waals surface area (Å²) in [5.74, 6) is 0.722. The Morgan fingerprint density at radius 1 is 1.56 bits per heavy atom. The Hall–Kier alpha value is -1.55. The van der Waals surface area contributed by atoms with Gasteiger partial charge in [-0.15, -0.1) is 0 Å². The van der Waals surface area contributed by atoms with Crippen molar-refractivity contribution >= 4 is 11.5 Å². The van der Waals surface area contributed by atoms with Crippen molar-refractivity contribution < 1.29 is 4.74 Å². The van der Waals surface area contributed by atoms with Gasteiger partial charge in [0.25, 0.3) is 0 Å². The molecule has 1 aromatic rings. The highest BCUT2D eigenvalue weighted by atomic mass is 16.5. The summed E-state index contributed by atoms with van der Waals surface area (Å²) in [7, 11) is 1.75. The van der Waals surface area contributed by atoms with Crippen LogP contribution in [0.1, 0.15) is 17.5 Å². The Balaban J connectivity index is 2.21. The summed E-state index contributed by atoms with van der Waals surface area (Å²) in [6.45, 7) is 4.82. The maximum absolute atomic E-state index is 7.69. The van der Waals surface area contributed by atoms with Gasteiger partial charge in [-0.05, 0) is 25.5 Å². The summed E-state index contributed by atoms with van der Waals surface area (Å²) < 4.78 is 5.21. The topological polar surface area (TPSA) is 62.3 Å². The van der Waals surface area contributed by atoms with Gasteiger partial charge >= 0.3 is 0 Å². The zero-order valence-corrected chi connectivity index (χ0v) is 11.1. The number of aryl methyl sites for hydroxylation is 1. The SMILES string of the molecule is COCC1CCN(c2ccc(C)cc2C(=N)N)C1. The first kappa shape index (κ1) is 12.9. The molecule has 1 saturated heterocycles. The Bertz CT molecular complexity index is 445. The highest BCUT2D eigenvalue weighted by Crippen LogP contribution is 2.27. The second kappa shape index (κ2) is 5.40. The van der Waals surface area contributed by atoms with Crippen LogP contribution in [0.4, 0.5) is 5.69 Å². The van der Waals surface area contributed by atoms with Crippen LogP contribution in [0.15, 0.2) is 18.2 Å². The number of nitrogen functional groups attached to an aromatic ring is 1. The fraction of sp³-hybridized carbons (Fsp3) is 0.500. The van der Waals surface area contributed by atoms with E-state index in [0.717, 1.165) is 42.9 Å². The molecule has 0 saturated carbocycles. The molecular weight excluding hydrogens is 226 g/mol. The smallest absolute Gasteiger partial charge is 0.124 e. The van der Waals surface area contributed by atoms with Gasteiger partial charge in [-0.25, -0.2) is 0 Å². The molecule has 1 atom stereocenters. The zero-order valence-electron chi connectivity index (χ0n) is 11.1. The Morgan fingerprint density at radius 2 is 2.33 bits per heavy atom. The highest BCUT2D eigenvalue weighted by Gasteiger charge is 2.24. The molecule has 1 unspecified atom stereocenters. The monoisotopic (exact) mass is 247 g/mol. The minimum absolute atomic E-state index is 0.142. The summed E-state index contributed by atoms with van der Waals surface area (Å²) in [5, 5.41) is 7.69. The maximum Gasteiger partial charge on any atom is 0.124 e. The third kappa shape index (κ3) is 2.64. The molecule has 0 aliphatic carbocycles. The van der Waals surface area contributed by atoms with Crippen molar-refractivity contribution in [1.82, 2.24) is 0 Å². The van der Waals surface area contributed by atoms with Crippen LogP contribution in [0, 0.1) is 18.3 Å². The number of nitrogens with two attached hydrogens (primary N) is 1. The van der Waals surface area contributed by atoms with E-state index in [-0.39, 0.29) is 5.84 Å². The predicted octanol–water partition coefficient (Wildman–Crippen LogP) is 1.75. The second-order valence-corrected chi connectivity index (χ2v) is 4.99. The molecule has 0 amide bonds. The Morgan fingerprint density at radius 3 is 3.00 bits per heavy atom. The third-order valence-electron chi connectivity index (χ3n) is 3.47. The number of nitrogens with zero attached hydrogens (tertiary/aromatic N) is 1. The van der Waals surface area contributed by atoms with Gasteiger partial charge in [-0.1, -0.05) is 11.6 Å². The first-order valence-corrected chi connectivity index (χ1v) is 6.30. The van der Waals surface area contributed by atoms with Gasteiger partial charge in [0.2, 0.25) is 0 Å². The fourth-order valence-electron chi connectivity index (χ4n) is 2.56. The van der Waals surface area contributed by atoms with Crippen LogP contribution in [-0.4, -0.2) is 32.6 Å². The van der Waals surface area contributed by atoms with Crippen molar-refractivity contribution in [3.8, 4) is 0 Å². The number of methoxy groups -OCH3 is 1. The van der Waals surface area contributed by atoms with Crippen molar-refractivity contribution in [1.29, 1.82) is 5.41 Å². The Labute approximate surface area is 108 Å². The number of anilines is 1. The molecule has 3 N–H and O–H groups in total. The molecule has 0 bridgehead atoms. The molecule has 0 radical (unpaired) electrons. The number of benzene rings is 1. The minimum Gasteiger partial charge on any atom is -0.384 e. The number of rotatable bonds is 4. The molecule has 18 heavy (non-hydrogen) atoms. The third-order valence-corrected chi connectivity index (χ3v) is 3.47. The largest absolute Gasteiger partial charge is 0.384 e. The molecule has 1 aliphatic heterocycles. The molecule has 2 rings (SSSR count).